The van der Waals surface area contributed by atoms with Gasteiger partial charge in [-0.05, 0) is 42.0 Å². The number of ether oxygens (including phenoxy) is 1. The summed E-state index contributed by atoms with van der Waals surface area (Å²) in [6, 6.07) is 20.6. The van der Waals surface area contributed by atoms with E-state index in [9.17, 15) is 0 Å². The van der Waals surface area contributed by atoms with Crippen LogP contribution in [0.5, 0.6) is 5.75 Å². The smallest absolute Gasteiger partial charge is 0.120 e. The van der Waals surface area contributed by atoms with Crippen LogP contribution in [0, 0.1) is 0 Å². The van der Waals surface area contributed by atoms with Gasteiger partial charge in [-0.15, -0.1) is 0 Å². The molecule has 0 bridgehead atoms. The molecule has 0 aliphatic carbocycles. The minimum absolute atomic E-state index is 0.285. The van der Waals surface area contributed by atoms with Crippen LogP contribution in [0.2, 0.25) is 15.1 Å². The van der Waals surface area contributed by atoms with Crippen molar-refractivity contribution in [3.63, 3.8) is 0 Å². The lowest BCUT2D eigenvalue weighted by atomic mass is 10.2. The first-order valence-corrected chi connectivity index (χ1v) is 9.75. The average molecular weight is 437 g/mol. The van der Waals surface area contributed by atoms with Crippen LogP contribution >= 0.6 is 47.0 Å². The number of rotatable bonds is 6. The molecule has 0 fully saturated rings. The van der Waals surface area contributed by atoms with Crippen molar-refractivity contribution in [2.75, 3.05) is 0 Å². The molecule has 0 aliphatic heterocycles. The molecule has 2 nitrogen and oxygen atoms in total. The third kappa shape index (κ3) is 5.60. The van der Waals surface area contributed by atoms with Gasteiger partial charge in [0, 0.05) is 32.7 Å². The molecular weight excluding hydrogens is 421 g/mol. The van der Waals surface area contributed by atoms with Crippen molar-refractivity contribution in [3.8, 4) is 5.75 Å². The second kappa shape index (κ2) is 9.43. The van der Waals surface area contributed by atoms with Crippen LogP contribution in [0.1, 0.15) is 16.7 Å². The molecule has 0 spiro atoms. The Morgan fingerprint density at radius 3 is 2.26 bits per heavy atom. The fourth-order valence-electron chi connectivity index (χ4n) is 2.44. The average Bonchev–Trinajstić information content (AvgIpc) is 2.67. The molecule has 0 saturated carbocycles. The minimum Gasteiger partial charge on any atom is -0.489 e. The molecule has 1 N–H and O–H groups in total. The summed E-state index contributed by atoms with van der Waals surface area (Å²) in [4.78, 5) is 0.645. The highest BCUT2D eigenvalue weighted by molar-refractivity contribution is 7.80. The highest BCUT2D eigenvalue weighted by Gasteiger charge is 2.08. The van der Waals surface area contributed by atoms with Crippen molar-refractivity contribution < 1.29 is 4.74 Å². The van der Waals surface area contributed by atoms with Gasteiger partial charge in [0.25, 0.3) is 0 Å². The van der Waals surface area contributed by atoms with Crippen molar-refractivity contribution in [1.82, 2.24) is 5.32 Å². The lowest BCUT2D eigenvalue weighted by Gasteiger charge is -2.12. The predicted molar refractivity (Wildman–Crippen MR) is 117 cm³/mol. The summed E-state index contributed by atoms with van der Waals surface area (Å²) in [6.45, 7) is 0.906. The zero-order valence-corrected chi connectivity index (χ0v) is 17.3. The third-order valence-corrected chi connectivity index (χ3v) is 5.25. The fourth-order valence-corrected chi connectivity index (χ4v) is 3.27. The van der Waals surface area contributed by atoms with Crippen LogP contribution in [0.15, 0.2) is 66.7 Å². The SMILES string of the molecule is S=C(NCc1ccc(Cl)cc1)c1cccc(OCc2c(Cl)cccc2Cl)c1. The Labute approximate surface area is 179 Å². The molecule has 0 atom stereocenters. The molecule has 0 heterocycles. The number of nitrogens with one attached hydrogen (secondary N) is 1. The van der Waals surface area contributed by atoms with Gasteiger partial charge in [0.1, 0.15) is 17.3 Å². The molecule has 3 aromatic rings. The van der Waals surface area contributed by atoms with Gasteiger partial charge in [0.15, 0.2) is 0 Å². The van der Waals surface area contributed by atoms with Crippen molar-refractivity contribution in [2.45, 2.75) is 13.2 Å². The van der Waals surface area contributed by atoms with Crippen molar-refractivity contribution in [1.29, 1.82) is 0 Å². The van der Waals surface area contributed by atoms with Crippen LogP contribution in [-0.2, 0) is 13.2 Å². The Morgan fingerprint density at radius 2 is 1.56 bits per heavy atom. The molecule has 0 radical (unpaired) electrons. The van der Waals surface area contributed by atoms with Crippen molar-refractivity contribution in [3.05, 3.63) is 98.5 Å². The maximum absolute atomic E-state index is 6.18. The lowest BCUT2D eigenvalue weighted by molar-refractivity contribution is 0.306. The first-order valence-electron chi connectivity index (χ1n) is 8.21. The second-order valence-corrected chi connectivity index (χ2v) is 7.48. The van der Waals surface area contributed by atoms with Crippen LogP contribution in [0.25, 0.3) is 0 Å². The van der Waals surface area contributed by atoms with E-state index in [1.165, 1.54) is 0 Å². The van der Waals surface area contributed by atoms with Gasteiger partial charge in [-0.2, -0.15) is 0 Å². The maximum Gasteiger partial charge on any atom is 0.120 e. The van der Waals surface area contributed by atoms with E-state index in [1.54, 1.807) is 18.2 Å². The number of halogens is 3. The van der Waals surface area contributed by atoms with Crippen LogP contribution in [0.3, 0.4) is 0 Å². The molecule has 3 aromatic carbocycles. The number of hydrogen-bond acceptors (Lipinski definition) is 2. The van der Waals surface area contributed by atoms with Crippen molar-refractivity contribution >= 4 is 52.0 Å². The third-order valence-electron chi connectivity index (χ3n) is 3.91. The summed E-state index contributed by atoms with van der Waals surface area (Å²) >= 11 is 23.8. The molecule has 138 valence electrons. The first-order chi connectivity index (χ1) is 13.0. The van der Waals surface area contributed by atoms with Crippen LogP contribution in [-0.4, -0.2) is 4.99 Å². The topological polar surface area (TPSA) is 21.3 Å². The first kappa shape index (κ1) is 20.0. The van der Waals surface area contributed by atoms with Gasteiger partial charge >= 0.3 is 0 Å². The van der Waals surface area contributed by atoms with Crippen molar-refractivity contribution in [2.24, 2.45) is 0 Å². The highest BCUT2D eigenvalue weighted by atomic mass is 35.5. The second-order valence-electron chi connectivity index (χ2n) is 5.83. The van der Waals surface area contributed by atoms with E-state index in [4.69, 9.17) is 51.8 Å². The molecule has 6 heteroatoms. The molecule has 0 saturated heterocycles. The van der Waals surface area contributed by atoms with Gasteiger partial charge in [-0.25, -0.2) is 0 Å². The maximum atomic E-state index is 6.18. The Morgan fingerprint density at radius 1 is 0.889 bits per heavy atom. The van der Waals surface area contributed by atoms with Gasteiger partial charge in [-0.3, -0.25) is 0 Å². The van der Waals surface area contributed by atoms with E-state index in [2.05, 4.69) is 5.32 Å². The summed E-state index contributed by atoms with van der Waals surface area (Å²) in [5.41, 5.74) is 2.74. The van der Waals surface area contributed by atoms with E-state index < -0.39 is 0 Å². The van der Waals surface area contributed by atoms with Gasteiger partial charge in [-0.1, -0.05) is 77.4 Å². The molecule has 0 aliphatic rings. The zero-order chi connectivity index (χ0) is 19.2. The van der Waals surface area contributed by atoms with E-state index >= 15 is 0 Å². The van der Waals surface area contributed by atoms with E-state index in [-0.39, 0.29) is 6.61 Å². The summed E-state index contributed by atoms with van der Waals surface area (Å²) < 4.78 is 5.85. The number of thiocarbonyl (C=S) groups is 1. The number of benzene rings is 3. The monoisotopic (exact) mass is 435 g/mol. The quantitative estimate of drug-likeness (QED) is 0.435. The number of hydrogen-bond donors (Lipinski definition) is 1. The zero-order valence-electron chi connectivity index (χ0n) is 14.2. The Balaban J connectivity index is 1.62. The highest BCUT2D eigenvalue weighted by Crippen LogP contribution is 2.26. The Bertz CT molecular complexity index is 924. The Kier molecular flexibility index (Phi) is 6.97. The van der Waals surface area contributed by atoms with Gasteiger partial charge in [0.05, 0.1) is 0 Å². The fraction of sp³-hybridized carbons (Fsp3) is 0.0952. The van der Waals surface area contributed by atoms with E-state index in [0.717, 1.165) is 16.7 Å². The normalized spacial score (nSPS) is 10.5. The Hall–Kier alpha value is -1.78. The van der Waals surface area contributed by atoms with E-state index in [0.29, 0.717) is 32.4 Å². The molecule has 0 amide bonds. The molecule has 27 heavy (non-hydrogen) atoms. The lowest BCUT2D eigenvalue weighted by Crippen LogP contribution is -2.21. The summed E-state index contributed by atoms with van der Waals surface area (Å²) in [5, 5.41) is 5.12. The standard InChI is InChI=1S/C21H16Cl3NOS/c22-16-9-7-14(8-10-16)12-25-21(27)15-3-1-4-17(11-15)26-13-18-19(23)5-2-6-20(18)24/h1-11H,12-13H2,(H,25,27). The van der Waals surface area contributed by atoms with Gasteiger partial charge < -0.3 is 10.1 Å². The van der Waals surface area contributed by atoms with Crippen LogP contribution < -0.4 is 10.1 Å². The van der Waals surface area contributed by atoms with Gasteiger partial charge in [0.2, 0.25) is 0 Å². The summed E-state index contributed by atoms with van der Waals surface area (Å²) in [5.74, 6) is 0.694. The van der Waals surface area contributed by atoms with E-state index in [1.807, 2.05) is 48.5 Å². The molecule has 0 unspecified atom stereocenters. The minimum atomic E-state index is 0.285. The van der Waals surface area contributed by atoms with Crippen LogP contribution in [0.4, 0.5) is 0 Å². The summed E-state index contributed by atoms with van der Waals surface area (Å²) in [7, 11) is 0. The largest absolute Gasteiger partial charge is 0.489 e. The predicted octanol–water partition coefficient (Wildman–Crippen LogP) is 6.69. The summed E-state index contributed by atoms with van der Waals surface area (Å²) in [6.07, 6.45) is 0. The molecule has 0 aromatic heterocycles. The molecule has 3 rings (SSSR count). The molecular formula is C21H16Cl3NOS.